The summed E-state index contributed by atoms with van der Waals surface area (Å²) in [5.74, 6) is 2.87. The Morgan fingerprint density at radius 2 is 1.64 bits per heavy atom. The number of hydrogen-bond donors (Lipinski definition) is 2. The number of piperidine rings is 1. The molecule has 5 nitrogen and oxygen atoms in total. The fraction of sp³-hybridized carbons (Fsp3) is 0.955. The molecule has 0 amide bonds. The minimum Gasteiger partial charge on any atom is -0.357 e. The minimum atomic E-state index is 0. The fourth-order valence-electron chi connectivity index (χ4n) is 5.14. The van der Waals surface area contributed by atoms with Crippen LogP contribution in [0, 0.1) is 11.8 Å². The summed E-state index contributed by atoms with van der Waals surface area (Å²) in [6.45, 7) is 13.9. The molecule has 0 aromatic carbocycles. The second kappa shape index (κ2) is 13.3. The van der Waals surface area contributed by atoms with Crippen molar-refractivity contribution in [3.8, 4) is 0 Å². The molecule has 2 saturated heterocycles. The normalized spacial score (nSPS) is 25.8. The molecule has 0 aromatic rings. The number of aliphatic imine (C=N–C) groups is 1. The molecule has 3 rings (SSSR count). The Morgan fingerprint density at radius 1 is 0.929 bits per heavy atom. The first kappa shape index (κ1) is 24.2. The molecule has 2 aliphatic heterocycles. The molecule has 3 fully saturated rings. The van der Waals surface area contributed by atoms with Crippen LogP contribution in [-0.2, 0) is 0 Å². The first-order valence-electron chi connectivity index (χ1n) is 11.8. The van der Waals surface area contributed by atoms with Gasteiger partial charge in [0.2, 0.25) is 0 Å². The van der Waals surface area contributed by atoms with Crippen LogP contribution in [0.25, 0.3) is 0 Å². The summed E-state index contributed by atoms with van der Waals surface area (Å²) in [5.41, 5.74) is 0. The Bertz CT molecular complexity index is 444. The van der Waals surface area contributed by atoms with E-state index in [1.54, 1.807) is 0 Å². The molecule has 28 heavy (non-hydrogen) atoms. The monoisotopic (exact) mass is 505 g/mol. The number of nitrogens with one attached hydrogen (secondary N) is 2. The summed E-state index contributed by atoms with van der Waals surface area (Å²) in [6, 6.07) is 0.567. The molecule has 0 radical (unpaired) electrons. The number of hydrogen-bond acceptors (Lipinski definition) is 3. The zero-order valence-electron chi connectivity index (χ0n) is 18.3. The van der Waals surface area contributed by atoms with E-state index < -0.39 is 0 Å². The van der Waals surface area contributed by atoms with Crippen LogP contribution < -0.4 is 10.6 Å². The van der Waals surface area contributed by atoms with Gasteiger partial charge in [-0.25, -0.2) is 0 Å². The highest BCUT2D eigenvalue weighted by molar-refractivity contribution is 14.0. The summed E-state index contributed by atoms with van der Waals surface area (Å²) in [7, 11) is 0. The van der Waals surface area contributed by atoms with Crippen LogP contribution in [0.4, 0.5) is 0 Å². The lowest BCUT2D eigenvalue weighted by atomic mass is 9.94. The molecule has 0 spiro atoms. The van der Waals surface area contributed by atoms with E-state index >= 15 is 0 Å². The van der Waals surface area contributed by atoms with Crippen LogP contribution in [0.15, 0.2) is 4.99 Å². The van der Waals surface area contributed by atoms with Gasteiger partial charge in [-0.15, -0.1) is 24.0 Å². The molecule has 1 atom stereocenters. The highest BCUT2D eigenvalue weighted by Gasteiger charge is 2.26. The third-order valence-electron chi connectivity index (χ3n) is 6.91. The number of likely N-dealkylation sites (tertiary alicyclic amines) is 2. The van der Waals surface area contributed by atoms with Crippen LogP contribution >= 0.6 is 24.0 Å². The lowest BCUT2D eigenvalue weighted by Gasteiger charge is -2.30. The Balaban J connectivity index is 0.00000280. The van der Waals surface area contributed by atoms with Gasteiger partial charge in [0.05, 0.1) is 0 Å². The number of guanidine groups is 1. The predicted molar refractivity (Wildman–Crippen MR) is 131 cm³/mol. The first-order valence-corrected chi connectivity index (χ1v) is 11.8. The van der Waals surface area contributed by atoms with E-state index in [4.69, 9.17) is 4.99 Å². The molecule has 1 unspecified atom stereocenters. The van der Waals surface area contributed by atoms with E-state index in [0.29, 0.717) is 6.04 Å². The molecule has 164 valence electrons. The van der Waals surface area contributed by atoms with Gasteiger partial charge in [0, 0.05) is 38.8 Å². The maximum Gasteiger partial charge on any atom is 0.191 e. The van der Waals surface area contributed by atoms with E-state index in [1.165, 1.54) is 90.6 Å². The van der Waals surface area contributed by atoms with Crippen LogP contribution in [0.2, 0.25) is 0 Å². The molecule has 1 saturated carbocycles. The van der Waals surface area contributed by atoms with E-state index in [2.05, 4.69) is 34.3 Å². The second-order valence-electron chi connectivity index (χ2n) is 8.97. The average Bonchev–Trinajstić information content (AvgIpc) is 3.35. The van der Waals surface area contributed by atoms with Crippen molar-refractivity contribution in [1.82, 2.24) is 20.4 Å². The lowest BCUT2D eigenvalue weighted by molar-refractivity contribution is 0.188. The van der Waals surface area contributed by atoms with Crippen molar-refractivity contribution in [2.75, 3.05) is 52.4 Å². The smallest absolute Gasteiger partial charge is 0.191 e. The largest absolute Gasteiger partial charge is 0.357 e. The maximum atomic E-state index is 4.90. The van der Waals surface area contributed by atoms with Gasteiger partial charge in [0.1, 0.15) is 0 Å². The van der Waals surface area contributed by atoms with Crippen molar-refractivity contribution >= 4 is 29.9 Å². The van der Waals surface area contributed by atoms with Crippen LogP contribution in [0.5, 0.6) is 0 Å². The van der Waals surface area contributed by atoms with E-state index in [9.17, 15) is 0 Å². The van der Waals surface area contributed by atoms with E-state index in [0.717, 1.165) is 30.9 Å². The predicted octanol–water partition coefficient (Wildman–Crippen LogP) is 3.55. The number of rotatable bonds is 8. The summed E-state index contributed by atoms with van der Waals surface area (Å²) < 4.78 is 0. The third kappa shape index (κ3) is 7.98. The van der Waals surface area contributed by atoms with Gasteiger partial charge in [-0.3, -0.25) is 4.99 Å². The number of halogens is 1. The lowest BCUT2D eigenvalue weighted by Crippen LogP contribution is -2.45. The zero-order valence-corrected chi connectivity index (χ0v) is 20.6. The fourth-order valence-corrected chi connectivity index (χ4v) is 5.14. The molecule has 2 N–H and O–H groups in total. The SMILES string of the molecule is CCNC(=NCCC1CCN(CC)CC1)NC1CCN(CC2CCCC2)C1.I. The van der Waals surface area contributed by atoms with Gasteiger partial charge >= 0.3 is 0 Å². The first-order chi connectivity index (χ1) is 13.3. The molecular formula is C22H44IN5. The zero-order chi connectivity index (χ0) is 18.9. The Hall–Kier alpha value is -0.0800. The molecule has 3 aliphatic rings. The van der Waals surface area contributed by atoms with Crippen LogP contribution in [-0.4, -0.2) is 74.2 Å². The van der Waals surface area contributed by atoms with Crippen molar-refractivity contribution in [2.24, 2.45) is 16.8 Å². The number of nitrogens with zero attached hydrogens (tertiary/aromatic N) is 3. The summed E-state index contributed by atoms with van der Waals surface area (Å²) in [6.07, 6.45) is 11.0. The van der Waals surface area contributed by atoms with Crippen LogP contribution in [0.1, 0.15) is 65.2 Å². The van der Waals surface area contributed by atoms with Gasteiger partial charge in [0.25, 0.3) is 0 Å². The van der Waals surface area contributed by atoms with Crippen molar-refractivity contribution in [1.29, 1.82) is 0 Å². The Kier molecular flexibility index (Phi) is 11.5. The van der Waals surface area contributed by atoms with E-state index in [1.807, 2.05) is 0 Å². The highest BCUT2D eigenvalue weighted by Crippen LogP contribution is 2.26. The quantitative estimate of drug-likeness (QED) is 0.301. The third-order valence-corrected chi connectivity index (χ3v) is 6.91. The van der Waals surface area contributed by atoms with Gasteiger partial charge in [-0.1, -0.05) is 19.8 Å². The molecule has 6 heteroatoms. The molecule has 1 aliphatic carbocycles. The minimum absolute atomic E-state index is 0. The Morgan fingerprint density at radius 3 is 2.32 bits per heavy atom. The molecule has 0 bridgehead atoms. The van der Waals surface area contributed by atoms with Gasteiger partial charge in [-0.2, -0.15) is 0 Å². The summed E-state index contributed by atoms with van der Waals surface area (Å²) >= 11 is 0. The van der Waals surface area contributed by atoms with E-state index in [-0.39, 0.29) is 24.0 Å². The van der Waals surface area contributed by atoms with Crippen molar-refractivity contribution in [3.05, 3.63) is 0 Å². The summed E-state index contributed by atoms with van der Waals surface area (Å²) in [4.78, 5) is 10.2. The van der Waals surface area contributed by atoms with Crippen molar-refractivity contribution < 1.29 is 0 Å². The standard InChI is InChI=1S/C22H43N5.HI/c1-3-23-22(24-13-9-19-10-14-26(4-2)15-11-19)25-21-12-16-27(18-21)17-20-7-5-6-8-20;/h19-21H,3-18H2,1-2H3,(H2,23,24,25);1H. The average molecular weight is 506 g/mol. The second-order valence-corrected chi connectivity index (χ2v) is 8.97. The highest BCUT2D eigenvalue weighted by atomic mass is 127. The molecular weight excluding hydrogens is 461 g/mol. The van der Waals surface area contributed by atoms with Crippen LogP contribution in [0.3, 0.4) is 0 Å². The molecule has 0 aromatic heterocycles. The van der Waals surface area contributed by atoms with Gasteiger partial charge < -0.3 is 20.4 Å². The van der Waals surface area contributed by atoms with Gasteiger partial charge in [0.15, 0.2) is 5.96 Å². The summed E-state index contributed by atoms with van der Waals surface area (Å²) in [5, 5.41) is 7.18. The maximum absolute atomic E-state index is 4.90. The topological polar surface area (TPSA) is 42.9 Å². The Labute approximate surface area is 190 Å². The van der Waals surface area contributed by atoms with Crippen molar-refractivity contribution in [2.45, 2.75) is 71.3 Å². The van der Waals surface area contributed by atoms with Crippen molar-refractivity contribution in [3.63, 3.8) is 0 Å². The van der Waals surface area contributed by atoms with Gasteiger partial charge in [-0.05, 0) is 76.9 Å². The molecule has 2 heterocycles.